The molecule has 2 rings (SSSR count). The summed E-state index contributed by atoms with van der Waals surface area (Å²) in [5.74, 6) is -11.0. The van der Waals surface area contributed by atoms with Crippen molar-refractivity contribution in [2.24, 2.45) is 0 Å². The van der Waals surface area contributed by atoms with Crippen molar-refractivity contribution in [1.29, 1.82) is 5.26 Å². The van der Waals surface area contributed by atoms with Crippen LogP contribution < -0.4 is 5.32 Å². The second-order valence-corrected chi connectivity index (χ2v) is 3.48. The zero-order chi connectivity index (χ0) is 14.9. The number of halogens is 5. The zero-order valence-electron chi connectivity index (χ0n) is 9.39. The molecule has 0 radical (unpaired) electrons. The molecule has 0 aliphatic carbocycles. The third kappa shape index (κ3) is 2.11. The van der Waals surface area contributed by atoms with Gasteiger partial charge in [-0.05, 0) is 6.07 Å². The molecular formula is C11H3F5N4. The monoisotopic (exact) mass is 286 g/mol. The van der Waals surface area contributed by atoms with Crippen LogP contribution in [0.3, 0.4) is 0 Å². The van der Waals surface area contributed by atoms with Crippen molar-refractivity contribution >= 4 is 11.5 Å². The molecule has 0 fully saturated rings. The van der Waals surface area contributed by atoms with Gasteiger partial charge in [0, 0.05) is 0 Å². The Balaban J connectivity index is 2.58. The van der Waals surface area contributed by atoms with E-state index < -0.39 is 40.6 Å². The van der Waals surface area contributed by atoms with Crippen molar-refractivity contribution < 1.29 is 22.0 Å². The largest absolute Gasteiger partial charge is 0.333 e. The van der Waals surface area contributed by atoms with Gasteiger partial charge in [-0.3, -0.25) is 0 Å². The Morgan fingerprint density at radius 1 is 0.950 bits per heavy atom. The topological polar surface area (TPSA) is 61.6 Å². The summed E-state index contributed by atoms with van der Waals surface area (Å²) in [4.78, 5) is 0. The van der Waals surface area contributed by atoms with Gasteiger partial charge in [0.2, 0.25) is 5.82 Å². The lowest BCUT2D eigenvalue weighted by atomic mass is 10.2. The molecule has 2 aromatic rings. The van der Waals surface area contributed by atoms with E-state index in [1.54, 1.807) is 6.07 Å². The number of nitriles is 1. The quantitative estimate of drug-likeness (QED) is 0.524. The van der Waals surface area contributed by atoms with E-state index >= 15 is 0 Å². The number of benzene rings is 1. The van der Waals surface area contributed by atoms with E-state index in [1.165, 1.54) is 0 Å². The summed E-state index contributed by atoms with van der Waals surface area (Å²) in [6.45, 7) is 0. The van der Waals surface area contributed by atoms with E-state index in [4.69, 9.17) is 5.26 Å². The maximum atomic E-state index is 13.4. The van der Waals surface area contributed by atoms with Crippen LogP contribution >= 0.6 is 0 Å². The van der Waals surface area contributed by atoms with Crippen LogP contribution in [0.2, 0.25) is 0 Å². The Bertz CT molecular complexity index is 696. The molecule has 0 unspecified atom stereocenters. The second kappa shape index (κ2) is 5.08. The Kier molecular flexibility index (Phi) is 3.47. The molecule has 0 bridgehead atoms. The molecule has 0 atom stereocenters. The first-order valence-corrected chi connectivity index (χ1v) is 4.97. The smallest absolute Gasteiger partial charge is 0.200 e. The van der Waals surface area contributed by atoms with E-state index in [2.05, 4.69) is 10.2 Å². The van der Waals surface area contributed by atoms with E-state index in [9.17, 15) is 22.0 Å². The predicted molar refractivity (Wildman–Crippen MR) is 56.3 cm³/mol. The predicted octanol–water partition coefficient (Wildman–Crippen LogP) is 2.79. The number of rotatable bonds is 2. The summed E-state index contributed by atoms with van der Waals surface area (Å²) >= 11 is 0. The van der Waals surface area contributed by atoms with E-state index in [0.717, 1.165) is 12.3 Å². The van der Waals surface area contributed by atoms with Crippen LogP contribution in [0.15, 0.2) is 12.3 Å². The minimum absolute atomic E-state index is 0.177. The van der Waals surface area contributed by atoms with Crippen molar-refractivity contribution in [3.8, 4) is 6.07 Å². The third-order valence-electron chi connectivity index (χ3n) is 2.29. The Labute approximate surface area is 108 Å². The van der Waals surface area contributed by atoms with Gasteiger partial charge in [-0.25, -0.2) is 22.0 Å². The molecule has 0 spiro atoms. The summed E-state index contributed by atoms with van der Waals surface area (Å²) < 4.78 is 65.6. The van der Waals surface area contributed by atoms with Gasteiger partial charge < -0.3 is 5.32 Å². The summed E-state index contributed by atoms with van der Waals surface area (Å²) in [5, 5.41) is 17.3. The van der Waals surface area contributed by atoms with Crippen LogP contribution in [0.4, 0.5) is 33.5 Å². The fourth-order valence-corrected chi connectivity index (χ4v) is 1.35. The summed E-state index contributed by atoms with van der Waals surface area (Å²) in [5.41, 5.74) is -1.48. The molecule has 1 aromatic carbocycles. The van der Waals surface area contributed by atoms with Crippen LogP contribution in [0, 0.1) is 40.4 Å². The standard InChI is InChI=1S/C11H3F5N4/c12-5-6(13)8(15)10(9(16)7(5)14)19-11-4(3-17)1-2-18-20-11/h1-2H,(H,19,20). The highest BCUT2D eigenvalue weighted by atomic mass is 19.2. The molecule has 1 N–H and O–H groups in total. The maximum absolute atomic E-state index is 13.4. The lowest BCUT2D eigenvalue weighted by molar-refractivity contribution is 0.382. The maximum Gasteiger partial charge on any atom is 0.200 e. The van der Waals surface area contributed by atoms with Gasteiger partial charge in [0.15, 0.2) is 29.1 Å². The van der Waals surface area contributed by atoms with E-state index in [0.29, 0.717) is 0 Å². The highest BCUT2D eigenvalue weighted by Crippen LogP contribution is 2.29. The first-order chi connectivity index (χ1) is 9.47. The average Bonchev–Trinajstić information content (AvgIpc) is 2.48. The molecule has 102 valence electrons. The molecule has 20 heavy (non-hydrogen) atoms. The van der Waals surface area contributed by atoms with Crippen molar-refractivity contribution in [3.63, 3.8) is 0 Å². The molecule has 9 heteroatoms. The number of anilines is 2. The van der Waals surface area contributed by atoms with Gasteiger partial charge >= 0.3 is 0 Å². The molecule has 0 amide bonds. The van der Waals surface area contributed by atoms with Crippen LogP contribution in [0.1, 0.15) is 5.56 Å². The third-order valence-corrected chi connectivity index (χ3v) is 2.29. The first kappa shape index (κ1) is 13.7. The Hall–Kier alpha value is -2.76. The van der Waals surface area contributed by atoms with Crippen molar-refractivity contribution in [2.75, 3.05) is 5.32 Å². The van der Waals surface area contributed by atoms with Gasteiger partial charge in [-0.1, -0.05) is 0 Å². The lowest BCUT2D eigenvalue weighted by Gasteiger charge is -2.10. The summed E-state index contributed by atoms with van der Waals surface area (Å²) in [6.07, 6.45) is 1.13. The average molecular weight is 286 g/mol. The van der Waals surface area contributed by atoms with Crippen LogP contribution in [0.25, 0.3) is 0 Å². The summed E-state index contributed by atoms with van der Waals surface area (Å²) in [6, 6.07) is 2.78. The number of nitrogens with zero attached hydrogens (tertiary/aromatic N) is 3. The normalized spacial score (nSPS) is 10.2. The first-order valence-electron chi connectivity index (χ1n) is 4.97. The van der Waals surface area contributed by atoms with E-state index in [-0.39, 0.29) is 5.56 Å². The summed E-state index contributed by atoms with van der Waals surface area (Å²) in [7, 11) is 0. The lowest BCUT2D eigenvalue weighted by Crippen LogP contribution is -2.08. The zero-order valence-corrected chi connectivity index (χ0v) is 9.39. The number of nitrogens with one attached hydrogen (secondary N) is 1. The van der Waals surface area contributed by atoms with Crippen molar-refractivity contribution in [1.82, 2.24) is 10.2 Å². The fourth-order valence-electron chi connectivity index (χ4n) is 1.35. The molecule has 0 aliphatic heterocycles. The van der Waals surface area contributed by atoms with Gasteiger partial charge in [-0.15, -0.1) is 5.10 Å². The van der Waals surface area contributed by atoms with Gasteiger partial charge in [0.1, 0.15) is 11.8 Å². The van der Waals surface area contributed by atoms with Gasteiger partial charge in [0.25, 0.3) is 0 Å². The number of aromatic nitrogens is 2. The minimum Gasteiger partial charge on any atom is -0.333 e. The SMILES string of the molecule is N#Cc1ccnnc1Nc1c(F)c(F)c(F)c(F)c1F. The molecule has 0 saturated carbocycles. The fraction of sp³-hybridized carbons (Fsp3) is 0. The van der Waals surface area contributed by atoms with Crippen molar-refractivity contribution in [2.45, 2.75) is 0 Å². The van der Waals surface area contributed by atoms with Crippen LogP contribution in [0.5, 0.6) is 0 Å². The Morgan fingerprint density at radius 3 is 2.05 bits per heavy atom. The second-order valence-electron chi connectivity index (χ2n) is 3.48. The van der Waals surface area contributed by atoms with E-state index in [1.807, 2.05) is 5.32 Å². The highest BCUT2D eigenvalue weighted by Gasteiger charge is 2.26. The number of hydrogen-bond acceptors (Lipinski definition) is 4. The van der Waals surface area contributed by atoms with Crippen LogP contribution in [-0.2, 0) is 0 Å². The molecular weight excluding hydrogens is 283 g/mol. The highest BCUT2D eigenvalue weighted by molar-refractivity contribution is 5.63. The molecule has 1 aromatic heterocycles. The molecule has 1 heterocycles. The molecule has 0 aliphatic rings. The minimum atomic E-state index is -2.27. The Morgan fingerprint density at radius 2 is 1.50 bits per heavy atom. The number of hydrogen-bond donors (Lipinski definition) is 1. The van der Waals surface area contributed by atoms with Gasteiger partial charge in [0.05, 0.1) is 11.8 Å². The van der Waals surface area contributed by atoms with Crippen molar-refractivity contribution in [3.05, 3.63) is 46.9 Å². The van der Waals surface area contributed by atoms with Gasteiger partial charge in [-0.2, -0.15) is 10.4 Å². The van der Waals surface area contributed by atoms with Crippen LogP contribution in [-0.4, -0.2) is 10.2 Å². The molecule has 4 nitrogen and oxygen atoms in total. The molecule has 0 saturated heterocycles.